The van der Waals surface area contributed by atoms with Gasteiger partial charge in [0.1, 0.15) is 0 Å². The van der Waals surface area contributed by atoms with Gasteiger partial charge in [-0.05, 0) is 53.8 Å². The van der Waals surface area contributed by atoms with Gasteiger partial charge in [0.05, 0.1) is 24.9 Å². The highest BCUT2D eigenvalue weighted by atomic mass is 79.9. The summed E-state index contributed by atoms with van der Waals surface area (Å²) in [6.45, 7) is 13.1. The van der Waals surface area contributed by atoms with E-state index in [1.165, 1.54) is 29.4 Å². The maximum atomic E-state index is 11.7. The molecule has 5 heteroatoms. The van der Waals surface area contributed by atoms with Crippen LogP contribution in [0, 0.1) is 0 Å². The minimum atomic E-state index is -0.594. The molecule has 33 heavy (non-hydrogen) atoms. The summed E-state index contributed by atoms with van der Waals surface area (Å²) in [6, 6.07) is 12.1. The van der Waals surface area contributed by atoms with E-state index in [1.54, 1.807) is 12.1 Å². The predicted molar refractivity (Wildman–Crippen MR) is 136 cm³/mol. The first kappa shape index (κ1) is 24.2. The number of hydrogen-bond donors (Lipinski definition) is 0. The minimum absolute atomic E-state index is 0.00658. The van der Waals surface area contributed by atoms with Gasteiger partial charge in [-0.2, -0.15) is 0 Å². The molecule has 0 aromatic heterocycles. The second kappa shape index (κ2) is 8.37. The number of hydrogen-bond acceptors (Lipinski definition) is 4. The normalized spacial score (nSPS) is 24.4. The predicted octanol–water partition coefficient (Wildman–Crippen LogP) is 6.63. The van der Waals surface area contributed by atoms with Gasteiger partial charge in [-0.1, -0.05) is 80.0 Å². The Bertz CT molecular complexity index is 1100. The highest BCUT2D eigenvalue weighted by molar-refractivity contribution is 9.08. The fourth-order valence-corrected chi connectivity index (χ4v) is 5.64. The third kappa shape index (κ3) is 4.20. The van der Waals surface area contributed by atoms with E-state index in [4.69, 9.17) is 14.2 Å². The fraction of sp³-hybridized carbons (Fsp3) is 0.464. The van der Waals surface area contributed by atoms with Crippen molar-refractivity contribution in [2.24, 2.45) is 0 Å². The van der Waals surface area contributed by atoms with E-state index < -0.39 is 5.79 Å². The van der Waals surface area contributed by atoms with Crippen molar-refractivity contribution >= 4 is 34.1 Å². The number of halogens is 1. The van der Waals surface area contributed by atoms with Crippen LogP contribution in [0.2, 0.25) is 0 Å². The van der Waals surface area contributed by atoms with Gasteiger partial charge < -0.3 is 14.2 Å². The summed E-state index contributed by atoms with van der Waals surface area (Å²) >= 11 is 3.70. The zero-order chi connectivity index (χ0) is 24.2. The molecule has 0 radical (unpaired) electrons. The number of ether oxygens (including phenoxy) is 3. The maximum Gasteiger partial charge on any atom is 0.337 e. The summed E-state index contributed by atoms with van der Waals surface area (Å²) in [5.41, 5.74) is 6.23. The van der Waals surface area contributed by atoms with Crippen LogP contribution in [0.4, 0.5) is 0 Å². The van der Waals surface area contributed by atoms with Crippen LogP contribution in [0.5, 0.6) is 0 Å². The average molecular weight is 513 g/mol. The number of carbonyl (C=O) groups excluding carboxylic acids is 1. The number of fused-ring (bicyclic) bond motifs is 2. The van der Waals surface area contributed by atoms with E-state index in [1.807, 2.05) is 26.0 Å². The van der Waals surface area contributed by atoms with Gasteiger partial charge in [0.25, 0.3) is 0 Å². The molecule has 1 heterocycles. The van der Waals surface area contributed by atoms with E-state index in [0.29, 0.717) is 5.56 Å². The molecule has 0 N–H and O–H groups in total. The Morgan fingerprint density at radius 3 is 2.00 bits per heavy atom. The molecule has 0 unspecified atom stereocenters. The number of esters is 1. The van der Waals surface area contributed by atoms with E-state index in [0.717, 1.165) is 10.9 Å². The summed E-state index contributed by atoms with van der Waals surface area (Å²) in [4.78, 5) is 11.7. The van der Waals surface area contributed by atoms with Crippen LogP contribution in [-0.4, -0.2) is 31.1 Å². The van der Waals surface area contributed by atoms with Gasteiger partial charge in [0, 0.05) is 16.2 Å². The van der Waals surface area contributed by atoms with Crippen LogP contribution in [0.25, 0.3) is 12.2 Å². The fourth-order valence-electron chi connectivity index (χ4n) is 5.15. The molecule has 0 bridgehead atoms. The molecule has 1 saturated heterocycles. The summed E-state index contributed by atoms with van der Waals surface area (Å²) in [7, 11) is 1.39. The van der Waals surface area contributed by atoms with Crippen molar-refractivity contribution in [2.75, 3.05) is 7.11 Å². The Morgan fingerprint density at radius 1 is 0.939 bits per heavy atom. The number of methoxy groups -OCH3 is 1. The van der Waals surface area contributed by atoms with E-state index in [-0.39, 0.29) is 29.0 Å². The molecular formula is C28H33BrO4. The van der Waals surface area contributed by atoms with E-state index in [2.05, 4.69) is 67.9 Å². The minimum Gasteiger partial charge on any atom is -0.465 e. The monoisotopic (exact) mass is 512 g/mol. The number of alkyl halides is 1. The molecule has 2 aromatic rings. The van der Waals surface area contributed by atoms with Gasteiger partial charge in [0.2, 0.25) is 0 Å². The lowest BCUT2D eigenvalue weighted by Gasteiger charge is -2.48. The quantitative estimate of drug-likeness (QED) is 0.262. The van der Waals surface area contributed by atoms with Gasteiger partial charge in [-0.15, -0.1) is 0 Å². The second-order valence-corrected chi connectivity index (χ2v) is 11.2. The van der Waals surface area contributed by atoms with Gasteiger partial charge >= 0.3 is 5.97 Å². The summed E-state index contributed by atoms with van der Waals surface area (Å²) < 4.78 is 17.6. The molecule has 0 saturated carbocycles. The third-order valence-electron chi connectivity index (χ3n) is 7.12. The van der Waals surface area contributed by atoms with Gasteiger partial charge in [-0.3, -0.25) is 0 Å². The standard InChI is InChI=1S/C28H33BrO4/c1-26(2)21-14-19(13-10-17-8-11-18(12-9-17)25(30)31-7)20(16-29)15-22(21)27(3,4)24-23(26)32-28(5,6)33-24/h8-15,23-24H,16H2,1-7H3/t23-,24-/m1/s1. The molecule has 4 nitrogen and oxygen atoms in total. The van der Waals surface area contributed by atoms with E-state index >= 15 is 0 Å². The maximum absolute atomic E-state index is 11.7. The molecular weight excluding hydrogens is 480 g/mol. The Kier molecular flexibility index (Phi) is 6.13. The zero-order valence-electron chi connectivity index (χ0n) is 20.5. The lowest BCUT2D eigenvalue weighted by molar-refractivity contribution is -0.153. The first-order valence-electron chi connectivity index (χ1n) is 11.4. The van der Waals surface area contributed by atoms with Gasteiger partial charge in [-0.25, -0.2) is 4.79 Å². The van der Waals surface area contributed by atoms with Crippen LogP contribution in [-0.2, 0) is 30.4 Å². The summed E-state index contributed by atoms with van der Waals surface area (Å²) in [6.07, 6.45) is 4.20. The van der Waals surface area contributed by atoms with Crippen molar-refractivity contribution in [2.45, 2.75) is 75.7 Å². The van der Waals surface area contributed by atoms with Crippen molar-refractivity contribution in [1.82, 2.24) is 0 Å². The SMILES string of the molecule is COC(=O)c1ccc(C=Cc2cc3c(cc2CBr)C(C)(C)[C@@H]2OC(C)(C)O[C@H]2C3(C)C)cc1. The molecule has 176 valence electrons. The van der Waals surface area contributed by atoms with Crippen LogP contribution in [0.15, 0.2) is 36.4 Å². The molecule has 1 aliphatic carbocycles. The van der Waals surface area contributed by atoms with Crippen molar-refractivity contribution in [3.05, 3.63) is 69.8 Å². The molecule has 0 amide bonds. The average Bonchev–Trinajstić information content (AvgIpc) is 3.13. The first-order valence-corrected chi connectivity index (χ1v) is 12.5. The smallest absolute Gasteiger partial charge is 0.337 e. The first-order chi connectivity index (χ1) is 15.4. The van der Waals surface area contributed by atoms with Gasteiger partial charge in [0.15, 0.2) is 5.79 Å². The molecule has 1 fully saturated rings. The lowest BCUT2D eigenvalue weighted by atomic mass is 9.59. The van der Waals surface area contributed by atoms with Crippen LogP contribution in [0.1, 0.15) is 79.7 Å². The highest BCUT2D eigenvalue weighted by Crippen LogP contribution is 2.54. The number of carbonyl (C=O) groups is 1. The van der Waals surface area contributed by atoms with Crippen molar-refractivity contribution in [3.8, 4) is 0 Å². The van der Waals surface area contributed by atoms with E-state index in [9.17, 15) is 4.79 Å². The van der Waals surface area contributed by atoms with Crippen molar-refractivity contribution < 1.29 is 19.0 Å². The molecule has 1 aliphatic heterocycles. The molecule has 2 atom stereocenters. The van der Waals surface area contributed by atoms with Crippen LogP contribution < -0.4 is 0 Å². The molecule has 0 spiro atoms. The Labute approximate surface area is 205 Å². The topological polar surface area (TPSA) is 44.8 Å². The van der Waals surface area contributed by atoms with Crippen LogP contribution >= 0.6 is 15.9 Å². The zero-order valence-corrected chi connectivity index (χ0v) is 22.1. The van der Waals surface area contributed by atoms with Crippen LogP contribution in [0.3, 0.4) is 0 Å². The molecule has 2 aromatic carbocycles. The Balaban J connectivity index is 1.75. The lowest BCUT2D eigenvalue weighted by Crippen LogP contribution is -2.54. The Hall–Kier alpha value is -1.95. The molecule has 2 aliphatic rings. The van der Waals surface area contributed by atoms with Crippen molar-refractivity contribution in [1.29, 1.82) is 0 Å². The number of rotatable bonds is 4. The second-order valence-electron chi connectivity index (χ2n) is 10.6. The van der Waals surface area contributed by atoms with Crippen molar-refractivity contribution in [3.63, 3.8) is 0 Å². The summed E-state index contributed by atoms with van der Waals surface area (Å²) in [5, 5.41) is 0.759. The number of benzene rings is 2. The summed E-state index contributed by atoms with van der Waals surface area (Å²) in [5.74, 6) is -0.922. The largest absolute Gasteiger partial charge is 0.465 e. The molecule has 4 rings (SSSR count). The Morgan fingerprint density at radius 2 is 1.48 bits per heavy atom. The third-order valence-corrected chi connectivity index (χ3v) is 7.72. The highest BCUT2D eigenvalue weighted by Gasteiger charge is 2.59.